The van der Waals surface area contributed by atoms with Gasteiger partial charge in [-0.15, -0.1) is 0 Å². The van der Waals surface area contributed by atoms with Crippen LogP contribution in [-0.4, -0.2) is 71.8 Å². The predicted molar refractivity (Wildman–Crippen MR) is 59.5 cm³/mol. The zero-order chi connectivity index (χ0) is 17.0. The highest BCUT2D eigenvalue weighted by Gasteiger charge is 2.43. The Morgan fingerprint density at radius 3 is 1.86 bits per heavy atom. The molecule has 0 aliphatic heterocycles. The van der Waals surface area contributed by atoms with E-state index in [1.54, 1.807) is 0 Å². The Morgan fingerprint density at radius 1 is 1.05 bits per heavy atom. The first kappa shape index (κ1) is 20.3. The second kappa shape index (κ2) is 7.51. The number of carboxylic acid groups (broad SMARTS) is 1. The van der Waals surface area contributed by atoms with Crippen molar-refractivity contribution in [3.63, 3.8) is 0 Å². The third-order valence-electron chi connectivity index (χ3n) is 1.85. The third-order valence-corrected chi connectivity index (χ3v) is 4.02. The molecule has 0 radical (unpaired) electrons. The van der Waals surface area contributed by atoms with E-state index < -0.39 is 46.0 Å². The van der Waals surface area contributed by atoms with E-state index in [9.17, 15) is 28.9 Å². The molecule has 0 heterocycles. The highest BCUT2D eigenvalue weighted by atomic mass is 31.3. The fourth-order valence-corrected chi connectivity index (χ4v) is 2.74. The van der Waals surface area contributed by atoms with Crippen LogP contribution < -0.4 is 0 Å². The van der Waals surface area contributed by atoms with E-state index in [1.165, 1.54) is 0 Å². The molecule has 1 unspecified atom stereocenters. The summed E-state index contributed by atoms with van der Waals surface area (Å²) in [7, 11) is -11.2. The Morgan fingerprint density at radius 2 is 1.52 bits per heavy atom. The van der Waals surface area contributed by atoms with Gasteiger partial charge in [0.1, 0.15) is 18.3 Å². The molecule has 0 spiro atoms. The van der Waals surface area contributed by atoms with E-state index in [1.807, 2.05) is 0 Å². The third kappa shape index (κ3) is 7.20. The first-order valence-corrected chi connectivity index (χ1v) is 7.83. The molecule has 13 nitrogen and oxygen atoms in total. The molecule has 124 valence electrons. The van der Waals surface area contributed by atoms with Gasteiger partial charge in [0.2, 0.25) is 0 Å². The summed E-state index contributed by atoms with van der Waals surface area (Å²) >= 11 is 0. The summed E-state index contributed by atoms with van der Waals surface area (Å²) in [6.07, 6.45) is -10.3. The Labute approximate surface area is 116 Å². The van der Waals surface area contributed by atoms with E-state index in [2.05, 4.69) is 8.83 Å². The van der Waals surface area contributed by atoms with Crippen molar-refractivity contribution in [3.8, 4) is 0 Å². The molecule has 0 aliphatic carbocycles. The van der Waals surface area contributed by atoms with Crippen LogP contribution in [0, 0.1) is 0 Å². The molecular weight excluding hydrogens is 342 g/mol. The van der Waals surface area contributed by atoms with Crippen molar-refractivity contribution in [2.75, 3.05) is 0 Å². The maximum absolute atomic E-state index is 11.1. The van der Waals surface area contributed by atoms with E-state index in [0.29, 0.717) is 0 Å². The molecule has 0 saturated heterocycles. The lowest BCUT2D eigenvalue weighted by atomic mass is 10.0. The topological polar surface area (TPSA) is 228 Å². The Balaban J connectivity index is 5.17. The number of phosphoric acid groups is 2. The number of rotatable bonds is 9. The van der Waals surface area contributed by atoms with Crippen LogP contribution in [-0.2, 0) is 27.6 Å². The Bertz CT molecular complexity index is 469. The van der Waals surface area contributed by atoms with Crippen LogP contribution in [0.25, 0.3) is 0 Å². The van der Waals surface area contributed by atoms with Gasteiger partial charge >= 0.3 is 21.6 Å². The highest BCUT2D eigenvalue weighted by Crippen LogP contribution is 2.58. The van der Waals surface area contributed by atoms with Crippen LogP contribution in [0.2, 0.25) is 0 Å². The minimum atomic E-state index is -5.64. The summed E-state index contributed by atoms with van der Waals surface area (Å²) in [5, 5.41) is 36.1. The van der Waals surface area contributed by atoms with Gasteiger partial charge in [-0.05, 0) is 0 Å². The molecule has 7 N–H and O–H groups in total. The smallest absolute Gasteiger partial charge is 0.479 e. The fraction of sp³-hybridized carbons (Fsp3) is 0.667. The number of hydrogen-bond acceptors (Lipinski definition) is 9. The van der Waals surface area contributed by atoms with E-state index in [0.717, 1.165) is 0 Å². The molecule has 5 atom stereocenters. The summed E-state index contributed by atoms with van der Waals surface area (Å²) in [5.41, 5.74) is 0. The van der Waals surface area contributed by atoms with E-state index >= 15 is 0 Å². The summed E-state index contributed by atoms with van der Waals surface area (Å²) in [5.74, 6) is -2.15. The van der Waals surface area contributed by atoms with Crippen LogP contribution in [0.3, 0.4) is 0 Å². The van der Waals surface area contributed by atoms with Crippen molar-refractivity contribution in [2.24, 2.45) is 0 Å². The zero-order valence-corrected chi connectivity index (χ0v) is 11.7. The van der Waals surface area contributed by atoms with Crippen molar-refractivity contribution in [2.45, 2.75) is 24.4 Å². The van der Waals surface area contributed by atoms with Crippen molar-refractivity contribution >= 4 is 27.9 Å². The minimum absolute atomic E-state index is 0.266. The number of aliphatic hydroxyl groups is 3. The van der Waals surface area contributed by atoms with Gasteiger partial charge in [0.15, 0.2) is 12.4 Å². The molecule has 0 bridgehead atoms. The fourth-order valence-electron chi connectivity index (χ4n) is 1.01. The molecule has 0 aromatic rings. The quantitative estimate of drug-likeness (QED) is 0.161. The van der Waals surface area contributed by atoms with Gasteiger partial charge in [-0.2, -0.15) is 4.31 Å². The lowest BCUT2D eigenvalue weighted by molar-refractivity contribution is -0.162. The summed E-state index contributed by atoms with van der Waals surface area (Å²) in [6, 6.07) is 0. The number of aliphatic hydroxyl groups excluding tert-OH is 3. The maximum atomic E-state index is 11.1. The largest absolute Gasteiger partial charge is 0.482 e. The molecule has 0 aliphatic rings. The molecular formula is C6H12O13P2. The number of phosphoric ester groups is 1. The van der Waals surface area contributed by atoms with E-state index in [-0.39, 0.29) is 6.29 Å². The van der Waals surface area contributed by atoms with Gasteiger partial charge in [-0.1, -0.05) is 0 Å². The predicted octanol–water partition coefficient (Wildman–Crippen LogP) is -3.05. The second-order valence-electron chi connectivity index (χ2n) is 3.51. The first-order valence-electron chi connectivity index (χ1n) is 4.81. The normalized spacial score (nSPS) is 20.9. The Hall–Kier alpha value is -0.720. The summed E-state index contributed by atoms with van der Waals surface area (Å²) in [6.45, 7) is 0. The number of carbonyl (C=O) groups excluding carboxylic acids is 1. The van der Waals surface area contributed by atoms with Crippen LogP contribution in [0.1, 0.15) is 0 Å². The monoisotopic (exact) mass is 354 g/mol. The highest BCUT2D eigenvalue weighted by molar-refractivity contribution is 7.60. The second-order valence-corrected chi connectivity index (χ2v) is 6.30. The molecule has 0 saturated carbocycles. The number of carboxylic acids is 1. The van der Waals surface area contributed by atoms with Gasteiger partial charge in [-0.3, -0.25) is 4.52 Å². The lowest BCUT2D eigenvalue weighted by Crippen LogP contribution is -2.49. The molecule has 15 heteroatoms. The van der Waals surface area contributed by atoms with Crippen LogP contribution in [0.5, 0.6) is 0 Å². The van der Waals surface area contributed by atoms with Gasteiger partial charge in [0, 0.05) is 0 Å². The summed E-state index contributed by atoms with van der Waals surface area (Å²) in [4.78, 5) is 46.5. The average molecular weight is 354 g/mol. The van der Waals surface area contributed by atoms with Crippen LogP contribution >= 0.6 is 15.6 Å². The Kier molecular flexibility index (Phi) is 7.26. The van der Waals surface area contributed by atoms with Crippen molar-refractivity contribution in [1.29, 1.82) is 0 Å². The zero-order valence-electron chi connectivity index (χ0n) is 9.86. The summed E-state index contributed by atoms with van der Waals surface area (Å²) < 4.78 is 28.6. The molecule has 0 aromatic heterocycles. The molecule has 0 amide bonds. The van der Waals surface area contributed by atoms with Gasteiger partial charge in [0.25, 0.3) is 0 Å². The molecule has 0 aromatic carbocycles. The number of aliphatic carboxylic acids is 1. The van der Waals surface area contributed by atoms with Crippen molar-refractivity contribution < 1.29 is 62.7 Å². The van der Waals surface area contributed by atoms with Gasteiger partial charge in [-0.25, -0.2) is 13.9 Å². The molecule has 21 heavy (non-hydrogen) atoms. The van der Waals surface area contributed by atoms with Crippen molar-refractivity contribution in [3.05, 3.63) is 0 Å². The lowest BCUT2D eigenvalue weighted by Gasteiger charge is -2.26. The van der Waals surface area contributed by atoms with Gasteiger partial charge in [0.05, 0.1) is 0 Å². The standard InChI is InChI=1S/C6H12O13P2/c7-1-2(8)3(9)4(10)5(6(11)12)18-21(16,17)19-20(13,14)15/h1-5,8-10H,(H,11,12)(H,16,17)(H2,13,14,15)/t2-,3+,4-,5-/m0/s1. The molecule has 0 rings (SSSR count). The van der Waals surface area contributed by atoms with E-state index in [4.69, 9.17) is 24.9 Å². The molecule has 0 fully saturated rings. The number of aldehydes is 1. The first-order chi connectivity index (χ1) is 9.30. The van der Waals surface area contributed by atoms with Crippen LogP contribution in [0.15, 0.2) is 0 Å². The minimum Gasteiger partial charge on any atom is -0.479 e. The van der Waals surface area contributed by atoms with Crippen LogP contribution in [0.4, 0.5) is 0 Å². The number of hydrogen-bond donors (Lipinski definition) is 7. The van der Waals surface area contributed by atoms with Crippen molar-refractivity contribution in [1.82, 2.24) is 0 Å². The SMILES string of the molecule is O=C[C@H](O)[C@@H](O)[C@H](O)[C@H](OP(=O)(O)OP(=O)(O)O)C(=O)O. The number of carbonyl (C=O) groups is 2. The average Bonchev–Trinajstić information content (AvgIpc) is 2.29. The van der Waals surface area contributed by atoms with Gasteiger partial charge < -0.3 is 39.9 Å². The maximum Gasteiger partial charge on any atom is 0.482 e.